The molecule has 1 aromatic carbocycles. The lowest BCUT2D eigenvalue weighted by atomic mass is 10.2. The number of phenolic OH excluding ortho intramolecular Hbond substituents is 1. The van der Waals surface area contributed by atoms with E-state index in [1.807, 2.05) is 20.0 Å². The molecule has 0 fully saturated rings. The zero-order valence-electron chi connectivity index (χ0n) is 14.3. The van der Waals surface area contributed by atoms with Crippen molar-refractivity contribution < 1.29 is 9.90 Å². The number of hydrazone groups is 1. The highest BCUT2D eigenvalue weighted by atomic mass is 32.2. The standard InChI is InChI=1S/C18H19N3O2S2/c1-12-15(18-16(20(12)2)8-17(24-3)25-18)9-19-21(11-22)10-13-5-4-6-14(23)7-13/h4-9,11,23H,10H2,1-3H3/b19-9-. The van der Waals surface area contributed by atoms with Crippen LogP contribution in [0.25, 0.3) is 10.2 Å². The SMILES string of the molecule is CSc1cc2c(s1)c(/C=N\N(C=O)Cc1cccc(O)c1)c(C)n2C. The van der Waals surface area contributed by atoms with Gasteiger partial charge in [-0.1, -0.05) is 12.1 Å². The summed E-state index contributed by atoms with van der Waals surface area (Å²) in [6.07, 6.45) is 4.50. The van der Waals surface area contributed by atoms with E-state index < -0.39 is 0 Å². The fourth-order valence-electron chi connectivity index (χ4n) is 2.66. The van der Waals surface area contributed by atoms with Gasteiger partial charge in [-0.05, 0) is 36.9 Å². The van der Waals surface area contributed by atoms with Crippen LogP contribution >= 0.6 is 23.1 Å². The lowest BCUT2D eigenvalue weighted by molar-refractivity contribution is -0.118. The molecule has 0 saturated carbocycles. The molecule has 1 amide bonds. The van der Waals surface area contributed by atoms with Gasteiger partial charge < -0.3 is 9.67 Å². The van der Waals surface area contributed by atoms with E-state index >= 15 is 0 Å². The number of fused-ring (bicyclic) bond motifs is 1. The van der Waals surface area contributed by atoms with Gasteiger partial charge in [0.15, 0.2) is 0 Å². The number of benzene rings is 1. The summed E-state index contributed by atoms with van der Waals surface area (Å²) < 4.78 is 4.58. The van der Waals surface area contributed by atoms with E-state index in [2.05, 4.69) is 22.0 Å². The number of thioether (sulfide) groups is 1. The van der Waals surface area contributed by atoms with Crippen molar-refractivity contribution in [1.82, 2.24) is 9.58 Å². The number of hydrogen-bond donors (Lipinski definition) is 1. The van der Waals surface area contributed by atoms with Crippen molar-refractivity contribution in [3.8, 4) is 5.75 Å². The van der Waals surface area contributed by atoms with Gasteiger partial charge in [0.2, 0.25) is 6.41 Å². The first kappa shape index (κ1) is 17.6. The van der Waals surface area contributed by atoms with Crippen molar-refractivity contribution in [3.05, 3.63) is 47.2 Å². The Balaban J connectivity index is 1.89. The molecule has 0 atom stereocenters. The number of amides is 1. The minimum Gasteiger partial charge on any atom is -0.508 e. The molecule has 0 radical (unpaired) electrons. The van der Waals surface area contributed by atoms with Gasteiger partial charge in [-0.15, -0.1) is 23.1 Å². The second kappa shape index (κ2) is 7.33. The molecule has 2 heterocycles. The average Bonchev–Trinajstić information content (AvgIpc) is 3.12. The van der Waals surface area contributed by atoms with Crippen LogP contribution in [-0.4, -0.2) is 33.6 Å². The van der Waals surface area contributed by atoms with Crippen LogP contribution in [0.15, 0.2) is 39.6 Å². The zero-order chi connectivity index (χ0) is 18.0. The second-order valence-electron chi connectivity index (χ2n) is 5.66. The highest BCUT2D eigenvalue weighted by molar-refractivity contribution is 8.00. The van der Waals surface area contributed by atoms with Crippen molar-refractivity contribution in [3.63, 3.8) is 0 Å². The molecule has 2 aromatic heterocycles. The van der Waals surface area contributed by atoms with Crippen LogP contribution in [0.5, 0.6) is 5.75 Å². The molecule has 0 spiro atoms. The first-order valence-corrected chi connectivity index (χ1v) is 9.74. The Hall–Kier alpha value is -2.25. The monoisotopic (exact) mass is 373 g/mol. The fraction of sp³-hybridized carbons (Fsp3) is 0.222. The molecular formula is C18H19N3O2S2. The third-order valence-electron chi connectivity index (χ3n) is 4.10. The maximum Gasteiger partial charge on any atom is 0.230 e. The number of carbonyl (C=O) groups excluding carboxylic acids is 1. The number of aryl methyl sites for hydroxylation is 1. The van der Waals surface area contributed by atoms with Gasteiger partial charge in [0.25, 0.3) is 0 Å². The average molecular weight is 374 g/mol. The third kappa shape index (κ3) is 3.57. The predicted octanol–water partition coefficient (Wildman–Crippen LogP) is 3.97. The van der Waals surface area contributed by atoms with E-state index in [-0.39, 0.29) is 5.75 Å². The molecule has 7 heteroatoms. The number of phenols is 1. The van der Waals surface area contributed by atoms with E-state index in [1.54, 1.807) is 47.5 Å². The third-order valence-corrected chi connectivity index (χ3v) is 6.32. The first-order chi connectivity index (χ1) is 12.0. The Labute approximate surface area is 154 Å². The van der Waals surface area contributed by atoms with Gasteiger partial charge in [0, 0.05) is 18.3 Å². The molecule has 0 saturated heterocycles. The smallest absolute Gasteiger partial charge is 0.230 e. The molecule has 0 unspecified atom stereocenters. The van der Waals surface area contributed by atoms with Gasteiger partial charge in [0.05, 0.1) is 27.2 Å². The minimum atomic E-state index is 0.177. The van der Waals surface area contributed by atoms with Gasteiger partial charge >= 0.3 is 0 Å². The van der Waals surface area contributed by atoms with Gasteiger partial charge in [0.1, 0.15) is 5.75 Å². The summed E-state index contributed by atoms with van der Waals surface area (Å²) in [5, 5.41) is 15.2. The normalized spacial score (nSPS) is 11.5. The summed E-state index contributed by atoms with van der Waals surface area (Å²) in [5.41, 5.74) is 4.14. The van der Waals surface area contributed by atoms with Gasteiger partial charge in [-0.3, -0.25) is 4.79 Å². The Bertz CT molecular complexity index is 943. The molecule has 3 rings (SSSR count). The van der Waals surface area contributed by atoms with Crippen LogP contribution in [0.3, 0.4) is 0 Å². The van der Waals surface area contributed by atoms with Crippen LogP contribution in [0.1, 0.15) is 16.8 Å². The molecule has 5 nitrogen and oxygen atoms in total. The van der Waals surface area contributed by atoms with E-state index in [0.29, 0.717) is 13.0 Å². The van der Waals surface area contributed by atoms with Crippen molar-refractivity contribution in [2.24, 2.45) is 12.1 Å². The lowest BCUT2D eigenvalue weighted by Gasteiger charge is -2.11. The largest absolute Gasteiger partial charge is 0.508 e. The van der Waals surface area contributed by atoms with Crippen molar-refractivity contribution in [1.29, 1.82) is 0 Å². The summed E-state index contributed by atoms with van der Waals surface area (Å²) in [5.74, 6) is 0.177. The summed E-state index contributed by atoms with van der Waals surface area (Å²) in [4.78, 5) is 11.4. The second-order valence-corrected chi connectivity index (χ2v) is 7.82. The number of rotatable bonds is 6. The van der Waals surface area contributed by atoms with Crippen LogP contribution in [0.4, 0.5) is 0 Å². The van der Waals surface area contributed by atoms with E-state index in [1.165, 1.54) is 19.4 Å². The highest BCUT2D eigenvalue weighted by Gasteiger charge is 2.14. The maximum atomic E-state index is 11.4. The Morgan fingerprint density at radius 1 is 1.40 bits per heavy atom. The number of carbonyl (C=O) groups is 1. The maximum absolute atomic E-state index is 11.4. The minimum absolute atomic E-state index is 0.177. The predicted molar refractivity (Wildman–Crippen MR) is 105 cm³/mol. The summed E-state index contributed by atoms with van der Waals surface area (Å²) in [7, 11) is 2.04. The Morgan fingerprint density at radius 3 is 2.88 bits per heavy atom. The zero-order valence-corrected chi connectivity index (χ0v) is 15.9. The van der Waals surface area contributed by atoms with Crippen LogP contribution in [0.2, 0.25) is 0 Å². The number of hydrogen-bond acceptors (Lipinski definition) is 5. The number of aromatic hydroxyl groups is 1. The molecule has 0 aliphatic carbocycles. The van der Waals surface area contributed by atoms with E-state index in [9.17, 15) is 9.90 Å². The summed E-state index contributed by atoms with van der Waals surface area (Å²) in [6.45, 7) is 2.36. The van der Waals surface area contributed by atoms with Crippen LogP contribution < -0.4 is 0 Å². The highest BCUT2D eigenvalue weighted by Crippen LogP contribution is 2.36. The fourth-order valence-corrected chi connectivity index (χ4v) is 4.45. The van der Waals surface area contributed by atoms with Gasteiger partial charge in [-0.2, -0.15) is 5.10 Å². The quantitative estimate of drug-likeness (QED) is 0.308. The van der Waals surface area contributed by atoms with Crippen molar-refractivity contribution in [2.45, 2.75) is 17.7 Å². The molecule has 0 aliphatic heterocycles. The Morgan fingerprint density at radius 2 is 2.20 bits per heavy atom. The Kier molecular flexibility index (Phi) is 5.15. The lowest BCUT2D eigenvalue weighted by Crippen LogP contribution is -2.14. The summed E-state index contributed by atoms with van der Waals surface area (Å²) >= 11 is 3.46. The van der Waals surface area contributed by atoms with Crippen molar-refractivity contribution in [2.75, 3.05) is 6.26 Å². The summed E-state index contributed by atoms with van der Waals surface area (Å²) in [6, 6.07) is 9.00. The molecular weight excluding hydrogens is 354 g/mol. The molecule has 130 valence electrons. The molecule has 0 aliphatic rings. The number of nitrogens with zero attached hydrogens (tertiary/aromatic N) is 3. The number of aromatic nitrogens is 1. The number of thiophene rings is 1. The molecule has 25 heavy (non-hydrogen) atoms. The molecule has 3 aromatic rings. The van der Waals surface area contributed by atoms with Crippen molar-refractivity contribution >= 4 is 45.9 Å². The molecule has 1 N–H and O–H groups in total. The van der Waals surface area contributed by atoms with Crippen LogP contribution in [-0.2, 0) is 18.4 Å². The van der Waals surface area contributed by atoms with Gasteiger partial charge in [-0.25, -0.2) is 5.01 Å². The van der Waals surface area contributed by atoms with E-state index in [4.69, 9.17) is 0 Å². The first-order valence-electron chi connectivity index (χ1n) is 7.70. The van der Waals surface area contributed by atoms with E-state index in [0.717, 1.165) is 16.8 Å². The molecule has 0 bridgehead atoms. The van der Waals surface area contributed by atoms with Crippen LogP contribution in [0, 0.1) is 6.92 Å². The topological polar surface area (TPSA) is 57.8 Å².